The fourth-order valence-electron chi connectivity index (χ4n) is 1.88. The highest BCUT2D eigenvalue weighted by Gasteiger charge is 2.20. The van der Waals surface area contributed by atoms with Gasteiger partial charge in [-0.05, 0) is 17.7 Å². The van der Waals surface area contributed by atoms with Crippen LogP contribution in [0.4, 0.5) is 0 Å². The van der Waals surface area contributed by atoms with Crippen molar-refractivity contribution < 1.29 is 9.90 Å². The lowest BCUT2D eigenvalue weighted by atomic mass is 9.99. The molecule has 2 rings (SSSR count). The van der Waals surface area contributed by atoms with E-state index in [1.165, 1.54) is 0 Å². The van der Waals surface area contributed by atoms with Gasteiger partial charge in [0.25, 0.3) is 0 Å². The summed E-state index contributed by atoms with van der Waals surface area (Å²) in [6.45, 7) is 0.259. The number of aromatic nitrogens is 1. The van der Waals surface area contributed by atoms with E-state index >= 15 is 0 Å². The number of nitrogens with zero attached hydrogens (tertiary/aromatic N) is 2. The van der Waals surface area contributed by atoms with Crippen molar-refractivity contribution in [1.82, 2.24) is 4.57 Å². The zero-order valence-electron chi connectivity index (χ0n) is 9.65. The highest BCUT2D eigenvalue weighted by Crippen LogP contribution is 2.19. The van der Waals surface area contributed by atoms with E-state index in [1.54, 1.807) is 35.0 Å². The summed E-state index contributed by atoms with van der Waals surface area (Å²) in [5.41, 5.74) is 1.21. The maximum atomic E-state index is 11.3. The van der Waals surface area contributed by atoms with Crippen molar-refractivity contribution in [1.29, 1.82) is 5.26 Å². The summed E-state index contributed by atoms with van der Waals surface area (Å²) in [6, 6.07) is 14.5. The zero-order valence-corrected chi connectivity index (χ0v) is 9.65. The number of rotatable bonds is 4. The van der Waals surface area contributed by atoms with Gasteiger partial charge in [-0.2, -0.15) is 5.26 Å². The summed E-state index contributed by atoms with van der Waals surface area (Å²) < 4.78 is 1.66. The molecular formula is C14H12N2O2. The van der Waals surface area contributed by atoms with Crippen LogP contribution in [-0.4, -0.2) is 15.6 Å². The lowest BCUT2D eigenvalue weighted by Gasteiger charge is -2.14. The molecule has 4 nitrogen and oxygen atoms in total. The van der Waals surface area contributed by atoms with Crippen molar-refractivity contribution >= 4 is 5.97 Å². The van der Waals surface area contributed by atoms with E-state index in [1.807, 2.05) is 24.3 Å². The van der Waals surface area contributed by atoms with E-state index in [2.05, 4.69) is 0 Å². The van der Waals surface area contributed by atoms with Crippen molar-refractivity contribution in [2.75, 3.05) is 0 Å². The molecule has 0 bridgehead atoms. The first-order valence-corrected chi connectivity index (χ1v) is 5.55. The Bertz CT molecular complexity index is 581. The monoisotopic (exact) mass is 240 g/mol. The Labute approximate surface area is 105 Å². The lowest BCUT2D eigenvalue weighted by molar-refractivity contribution is -0.139. The van der Waals surface area contributed by atoms with E-state index < -0.39 is 11.9 Å². The average Bonchev–Trinajstić information content (AvgIpc) is 2.83. The molecule has 1 N–H and O–H groups in total. The second-order valence-corrected chi connectivity index (χ2v) is 3.96. The Kier molecular flexibility index (Phi) is 3.44. The number of nitriles is 1. The summed E-state index contributed by atoms with van der Waals surface area (Å²) in [4.78, 5) is 11.3. The Hall–Kier alpha value is -2.54. The van der Waals surface area contributed by atoms with Gasteiger partial charge in [0.1, 0.15) is 11.8 Å². The predicted molar refractivity (Wildman–Crippen MR) is 66.0 cm³/mol. The fraction of sp³-hybridized carbons (Fsp3) is 0.143. The molecule has 0 aliphatic heterocycles. The standard InChI is InChI=1S/C14H12N2O2/c15-9-12-7-4-8-16(12)10-13(14(17)18)11-5-2-1-3-6-11/h1-8,13H,10H2,(H,17,18). The van der Waals surface area contributed by atoms with Crippen molar-refractivity contribution in [2.45, 2.75) is 12.5 Å². The molecule has 0 fully saturated rings. The summed E-state index contributed by atoms with van der Waals surface area (Å²) in [7, 11) is 0. The van der Waals surface area contributed by atoms with Gasteiger partial charge in [0.05, 0.1) is 5.92 Å². The predicted octanol–water partition coefficient (Wildman–Crippen LogP) is 2.23. The molecule has 0 spiro atoms. The van der Waals surface area contributed by atoms with E-state index in [4.69, 9.17) is 5.26 Å². The molecule has 1 aromatic carbocycles. The van der Waals surface area contributed by atoms with Crippen LogP contribution < -0.4 is 0 Å². The molecule has 0 amide bonds. The fourth-order valence-corrected chi connectivity index (χ4v) is 1.88. The van der Waals surface area contributed by atoms with Crippen molar-refractivity contribution in [3.05, 3.63) is 59.9 Å². The summed E-state index contributed by atoms with van der Waals surface area (Å²) in [6.07, 6.45) is 1.72. The van der Waals surface area contributed by atoms with Crippen LogP contribution in [0.2, 0.25) is 0 Å². The summed E-state index contributed by atoms with van der Waals surface area (Å²) in [5.74, 6) is -1.54. The molecule has 4 heteroatoms. The molecule has 0 saturated heterocycles. The minimum atomic E-state index is -0.890. The van der Waals surface area contributed by atoms with Crippen LogP contribution >= 0.6 is 0 Å². The van der Waals surface area contributed by atoms with Gasteiger partial charge < -0.3 is 9.67 Å². The van der Waals surface area contributed by atoms with Gasteiger partial charge in [-0.3, -0.25) is 4.79 Å². The zero-order chi connectivity index (χ0) is 13.0. The van der Waals surface area contributed by atoms with Crippen molar-refractivity contribution in [3.63, 3.8) is 0 Å². The second-order valence-electron chi connectivity index (χ2n) is 3.96. The lowest BCUT2D eigenvalue weighted by Crippen LogP contribution is -2.18. The van der Waals surface area contributed by atoms with Crippen LogP contribution in [0.3, 0.4) is 0 Å². The first kappa shape index (κ1) is 11.9. The van der Waals surface area contributed by atoms with Gasteiger partial charge in [0.2, 0.25) is 0 Å². The largest absolute Gasteiger partial charge is 0.481 e. The maximum absolute atomic E-state index is 11.3. The van der Waals surface area contributed by atoms with Gasteiger partial charge in [-0.1, -0.05) is 30.3 Å². The maximum Gasteiger partial charge on any atom is 0.312 e. The van der Waals surface area contributed by atoms with Gasteiger partial charge >= 0.3 is 5.97 Å². The van der Waals surface area contributed by atoms with Crippen LogP contribution in [0.25, 0.3) is 0 Å². The number of hydrogen-bond acceptors (Lipinski definition) is 2. The van der Waals surface area contributed by atoms with Crippen molar-refractivity contribution in [3.8, 4) is 6.07 Å². The molecule has 2 aromatic rings. The molecule has 18 heavy (non-hydrogen) atoms. The van der Waals surface area contributed by atoms with E-state index in [0.717, 1.165) is 5.56 Å². The molecule has 1 aromatic heterocycles. The van der Waals surface area contributed by atoms with Gasteiger partial charge in [-0.25, -0.2) is 0 Å². The first-order chi connectivity index (χ1) is 8.72. The molecule has 0 radical (unpaired) electrons. The van der Waals surface area contributed by atoms with E-state index in [-0.39, 0.29) is 6.54 Å². The van der Waals surface area contributed by atoms with Gasteiger partial charge in [0.15, 0.2) is 0 Å². The van der Waals surface area contributed by atoms with Crippen molar-refractivity contribution in [2.24, 2.45) is 0 Å². The molecular weight excluding hydrogens is 228 g/mol. The first-order valence-electron chi connectivity index (χ1n) is 5.55. The quantitative estimate of drug-likeness (QED) is 0.891. The van der Waals surface area contributed by atoms with Gasteiger partial charge in [-0.15, -0.1) is 0 Å². The molecule has 0 saturated carbocycles. The third-order valence-corrected chi connectivity index (χ3v) is 2.82. The molecule has 90 valence electrons. The summed E-state index contributed by atoms with van der Waals surface area (Å²) >= 11 is 0. The number of carbonyl (C=O) groups is 1. The molecule has 1 heterocycles. The average molecular weight is 240 g/mol. The normalized spacial score (nSPS) is 11.7. The van der Waals surface area contributed by atoms with E-state index in [9.17, 15) is 9.90 Å². The SMILES string of the molecule is N#Cc1cccn1CC(C(=O)O)c1ccccc1. The van der Waals surface area contributed by atoms with Crippen LogP contribution in [0.5, 0.6) is 0 Å². The highest BCUT2D eigenvalue weighted by atomic mass is 16.4. The Balaban J connectivity index is 2.29. The topological polar surface area (TPSA) is 66.0 Å². The third-order valence-electron chi connectivity index (χ3n) is 2.82. The van der Waals surface area contributed by atoms with Gasteiger partial charge in [0, 0.05) is 12.7 Å². The smallest absolute Gasteiger partial charge is 0.312 e. The molecule has 1 unspecified atom stereocenters. The highest BCUT2D eigenvalue weighted by molar-refractivity contribution is 5.76. The number of hydrogen-bond donors (Lipinski definition) is 1. The van der Waals surface area contributed by atoms with Crippen LogP contribution in [-0.2, 0) is 11.3 Å². The third kappa shape index (κ3) is 2.41. The van der Waals surface area contributed by atoms with Crippen LogP contribution in [0.15, 0.2) is 48.7 Å². The minimum absolute atomic E-state index is 0.259. The van der Waals surface area contributed by atoms with Crippen LogP contribution in [0, 0.1) is 11.3 Å². The Morgan fingerprint density at radius 2 is 2.00 bits per heavy atom. The molecule has 0 aliphatic rings. The van der Waals surface area contributed by atoms with Crippen LogP contribution in [0.1, 0.15) is 17.2 Å². The minimum Gasteiger partial charge on any atom is -0.481 e. The molecule has 0 aliphatic carbocycles. The molecule has 1 atom stereocenters. The number of carboxylic acid groups (broad SMARTS) is 1. The second kappa shape index (κ2) is 5.19. The Morgan fingerprint density at radius 1 is 1.28 bits per heavy atom. The summed E-state index contributed by atoms with van der Waals surface area (Å²) in [5, 5.41) is 18.2. The van der Waals surface area contributed by atoms with E-state index in [0.29, 0.717) is 5.69 Å². The number of carboxylic acids is 1. The Morgan fingerprint density at radius 3 is 2.61 bits per heavy atom. The number of benzene rings is 1. The number of aliphatic carboxylic acids is 1.